The molecule has 14 heavy (non-hydrogen) atoms. The second-order valence-electron chi connectivity index (χ2n) is 2.53. The zero-order chi connectivity index (χ0) is 10.6. The van der Waals surface area contributed by atoms with Crippen LogP contribution in [0, 0.1) is 17.1 Å². The molecule has 0 unspecified atom stereocenters. The minimum Gasteiger partial charge on any atom is -0.477 e. The summed E-state index contributed by atoms with van der Waals surface area (Å²) in [7, 11) is 0. The molecule has 0 spiro atoms. The Morgan fingerprint density at radius 3 is 2.79 bits per heavy atom. The van der Waals surface area contributed by atoms with Crippen LogP contribution in [0.25, 0.3) is 6.08 Å². The first-order chi connectivity index (χ1) is 6.63. The van der Waals surface area contributed by atoms with Gasteiger partial charge in [-0.05, 0) is 23.8 Å². The summed E-state index contributed by atoms with van der Waals surface area (Å²) >= 11 is 0. The molecule has 1 N–H and O–H groups in total. The summed E-state index contributed by atoms with van der Waals surface area (Å²) < 4.78 is 12.7. The van der Waals surface area contributed by atoms with E-state index in [4.69, 9.17) is 10.4 Å². The van der Waals surface area contributed by atoms with Crippen LogP contribution in [0.15, 0.2) is 29.8 Å². The molecule has 0 heterocycles. The predicted octanol–water partition coefficient (Wildman–Crippen LogP) is 1.82. The number of benzene rings is 1. The van der Waals surface area contributed by atoms with Crippen molar-refractivity contribution in [3.8, 4) is 6.07 Å². The van der Waals surface area contributed by atoms with Crippen LogP contribution in [0.1, 0.15) is 5.56 Å². The quantitative estimate of drug-likeness (QED) is 0.572. The maximum Gasteiger partial charge on any atom is 0.346 e. The van der Waals surface area contributed by atoms with E-state index in [0.717, 1.165) is 12.1 Å². The van der Waals surface area contributed by atoms with Gasteiger partial charge < -0.3 is 5.11 Å². The van der Waals surface area contributed by atoms with Crippen LogP contribution in [-0.2, 0) is 4.79 Å². The van der Waals surface area contributed by atoms with Gasteiger partial charge in [-0.2, -0.15) is 5.26 Å². The fourth-order valence-electron chi connectivity index (χ4n) is 0.905. The summed E-state index contributed by atoms with van der Waals surface area (Å²) in [6, 6.07) is 6.86. The Kier molecular flexibility index (Phi) is 2.97. The third-order valence-corrected chi connectivity index (χ3v) is 1.51. The van der Waals surface area contributed by atoms with Gasteiger partial charge in [0.05, 0.1) is 0 Å². The summed E-state index contributed by atoms with van der Waals surface area (Å²) in [5.41, 5.74) is -0.0699. The molecule has 70 valence electrons. The number of carbonyl (C=O) groups is 1. The van der Waals surface area contributed by atoms with E-state index in [0.29, 0.717) is 5.56 Å². The molecule has 0 radical (unpaired) electrons. The maximum atomic E-state index is 12.7. The van der Waals surface area contributed by atoms with Gasteiger partial charge >= 0.3 is 5.97 Å². The summed E-state index contributed by atoms with van der Waals surface area (Å²) in [5.74, 6) is -1.79. The van der Waals surface area contributed by atoms with E-state index in [1.54, 1.807) is 0 Å². The van der Waals surface area contributed by atoms with Gasteiger partial charge in [0.25, 0.3) is 0 Å². The molecule has 0 saturated heterocycles. The van der Waals surface area contributed by atoms with Crippen molar-refractivity contribution in [2.24, 2.45) is 0 Å². The largest absolute Gasteiger partial charge is 0.477 e. The van der Waals surface area contributed by atoms with E-state index in [9.17, 15) is 9.18 Å². The molecule has 0 aliphatic rings. The Labute approximate surface area is 79.7 Å². The third kappa shape index (κ3) is 2.42. The van der Waals surface area contributed by atoms with Crippen LogP contribution in [0.3, 0.4) is 0 Å². The van der Waals surface area contributed by atoms with Crippen molar-refractivity contribution in [2.45, 2.75) is 0 Å². The van der Waals surface area contributed by atoms with Crippen LogP contribution < -0.4 is 0 Å². The number of rotatable bonds is 2. The van der Waals surface area contributed by atoms with Gasteiger partial charge in [-0.15, -0.1) is 0 Å². The lowest BCUT2D eigenvalue weighted by atomic mass is 10.1. The minimum atomic E-state index is -1.32. The van der Waals surface area contributed by atoms with Gasteiger partial charge in [-0.3, -0.25) is 0 Å². The summed E-state index contributed by atoms with van der Waals surface area (Å²) in [5, 5.41) is 17.0. The lowest BCUT2D eigenvalue weighted by molar-refractivity contribution is -0.132. The molecule has 0 aromatic heterocycles. The smallest absolute Gasteiger partial charge is 0.346 e. The van der Waals surface area contributed by atoms with Crippen LogP contribution in [0.5, 0.6) is 0 Å². The Morgan fingerprint density at radius 1 is 1.57 bits per heavy atom. The summed E-state index contributed by atoms with van der Waals surface area (Å²) in [6.07, 6.45) is 1.12. The first-order valence-corrected chi connectivity index (χ1v) is 3.74. The van der Waals surface area contributed by atoms with Crippen molar-refractivity contribution in [3.63, 3.8) is 0 Å². The van der Waals surface area contributed by atoms with Crippen molar-refractivity contribution >= 4 is 12.0 Å². The van der Waals surface area contributed by atoms with Gasteiger partial charge in [0.1, 0.15) is 17.5 Å². The van der Waals surface area contributed by atoms with Crippen molar-refractivity contribution in [2.75, 3.05) is 0 Å². The number of halogens is 1. The van der Waals surface area contributed by atoms with Gasteiger partial charge in [0, 0.05) is 0 Å². The van der Waals surface area contributed by atoms with Crippen LogP contribution in [-0.4, -0.2) is 11.1 Å². The molecule has 0 saturated carbocycles. The lowest BCUT2D eigenvalue weighted by Gasteiger charge is -1.93. The predicted molar refractivity (Wildman–Crippen MR) is 47.6 cm³/mol. The second kappa shape index (κ2) is 4.19. The molecule has 0 fully saturated rings. The highest BCUT2D eigenvalue weighted by Crippen LogP contribution is 2.08. The molecule has 0 aliphatic heterocycles. The zero-order valence-electron chi connectivity index (χ0n) is 7.07. The average Bonchev–Trinajstić information content (AvgIpc) is 2.14. The summed E-state index contributed by atoms with van der Waals surface area (Å²) in [6.45, 7) is 0. The highest BCUT2D eigenvalue weighted by molar-refractivity contribution is 5.96. The monoisotopic (exact) mass is 191 g/mol. The standard InChI is InChI=1S/C10H6FNO2/c11-9-3-1-2-7(5-9)4-8(6-12)10(13)14/h1-5H,(H,13,14). The number of aliphatic carboxylic acids is 1. The fraction of sp³-hybridized carbons (Fsp3) is 0. The maximum absolute atomic E-state index is 12.7. The van der Waals surface area contributed by atoms with E-state index in [-0.39, 0.29) is 0 Å². The van der Waals surface area contributed by atoms with E-state index >= 15 is 0 Å². The molecule has 0 atom stereocenters. The molecule has 0 amide bonds. The van der Waals surface area contributed by atoms with Crippen LogP contribution in [0.4, 0.5) is 4.39 Å². The first kappa shape index (κ1) is 9.93. The third-order valence-electron chi connectivity index (χ3n) is 1.51. The Bertz CT molecular complexity index is 432. The highest BCUT2D eigenvalue weighted by atomic mass is 19.1. The Hall–Kier alpha value is -2.15. The number of carboxylic acid groups (broad SMARTS) is 1. The Morgan fingerprint density at radius 2 is 2.29 bits per heavy atom. The SMILES string of the molecule is N#CC(=Cc1cccc(F)c1)C(=O)O. The van der Waals surface area contributed by atoms with Crippen LogP contribution in [0.2, 0.25) is 0 Å². The normalized spacial score (nSPS) is 10.7. The van der Waals surface area contributed by atoms with Crippen LogP contribution >= 0.6 is 0 Å². The highest BCUT2D eigenvalue weighted by Gasteiger charge is 2.05. The molecule has 1 aromatic rings. The molecule has 4 heteroatoms. The molecular weight excluding hydrogens is 185 g/mol. The minimum absolute atomic E-state index is 0.351. The topological polar surface area (TPSA) is 61.1 Å². The van der Waals surface area contributed by atoms with Gasteiger partial charge in [-0.1, -0.05) is 12.1 Å². The summed E-state index contributed by atoms with van der Waals surface area (Å²) in [4.78, 5) is 10.4. The van der Waals surface area contributed by atoms with Crippen molar-refractivity contribution in [3.05, 3.63) is 41.2 Å². The number of hydrogen-bond donors (Lipinski definition) is 1. The van der Waals surface area contributed by atoms with Gasteiger partial charge in [-0.25, -0.2) is 9.18 Å². The molecule has 0 aliphatic carbocycles. The van der Waals surface area contributed by atoms with Crippen molar-refractivity contribution in [1.29, 1.82) is 5.26 Å². The zero-order valence-corrected chi connectivity index (χ0v) is 7.07. The second-order valence-corrected chi connectivity index (χ2v) is 2.53. The first-order valence-electron chi connectivity index (χ1n) is 3.74. The number of nitriles is 1. The van der Waals surface area contributed by atoms with E-state index < -0.39 is 17.4 Å². The van der Waals surface area contributed by atoms with E-state index in [1.165, 1.54) is 24.3 Å². The molecule has 3 nitrogen and oxygen atoms in total. The number of nitrogens with zero attached hydrogens (tertiary/aromatic N) is 1. The van der Waals surface area contributed by atoms with Gasteiger partial charge in [0.15, 0.2) is 0 Å². The molecule has 1 aromatic carbocycles. The number of hydrogen-bond acceptors (Lipinski definition) is 2. The van der Waals surface area contributed by atoms with Crippen molar-refractivity contribution in [1.82, 2.24) is 0 Å². The molecule has 0 bridgehead atoms. The fourth-order valence-corrected chi connectivity index (χ4v) is 0.905. The molecule has 1 rings (SSSR count). The average molecular weight is 191 g/mol. The molecular formula is C10H6FNO2. The lowest BCUT2D eigenvalue weighted by Crippen LogP contribution is -1.97. The van der Waals surface area contributed by atoms with Crippen molar-refractivity contribution < 1.29 is 14.3 Å². The number of carboxylic acids is 1. The van der Waals surface area contributed by atoms with E-state index in [2.05, 4.69) is 0 Å². The van der Waals surface area contributed by atoms with Gasteiger partial charge in [0.2, 0.25) is 0 Å². The Balaban J connectivity index is 3.08. The van der Waals surface area contributed by atoms with E-state index in [1.807, 2.05) is 0 Å².